The number of amides is 1. The first-order valence-electron chi connectivity index (χ1n) is 14.0. The van der Waals surface area contributed by atoms with Gasteiger partial charge in [-0.3, -0.25) is 14.2 Å². The molecule has 3 heterocycles. The smallest absolute Gasteiger partial charge is 0.261 e. The van der Waals surface area contributed by atoms with Gasteiger partial charge in [-0.25, -0.2) is 14.6 Å². The molecule has 0 saturated carbocycles. The predicted octanol–water partition coefficient (Wildman–Crippen LogP) is 4.93. The number of nitrogens with two attached hydrogens (primary N) is 1. The number of rotatable bonds is 6. The van der Waals surface area contributed by atoms with Crippen LogP contribution in [0.15, 0.2) is 94.6 Å². The molecule has 3 aromatic carbocycles. The molecular formula is C33H30BrN7O2. The molecule has 1 aliphatic heterocycles. The molecule has 0 atom stereocenters. The molecule has 0 radical (unpaired) electrons. The number of aryl methyl sites for hydroxylation is 2. The molecular weight excluding hydrogens is 606 g/mol. The molecule has 0 saturated heterocycles. The number of hydrogen-bond donors (Lipinski definition) is 1. The van der Waals surface area contributed by atoms with Crippen LogP contribution < -0.4 is 11.3 Å². The maximum atomic E-state index is 14.2. The predicted molar refractivity (Wildman–Crippen MR) is 169 cm³/mol. The highest BCUT2D eigenvalue weighted by Crippen LogP contribution is 2.25. The maximum absolute atomic E-state index is 14.2. The van der Waals surface area contributed by atoms with Crippen molar-refractivity contribution in [2.24, 2.45) is 5.73 Å². The summed E-state index contributed by atoms with van der Waals surface area (Å²) in [6, 6.07) is 23.0. The largest absolute Gasteiger partial charge is 0.404 e. The van der Waals surface area contributed by atoms with Crippen LogP contribution in [-0.4, -0.2) is 41.7 Å². The van der Waals surface area contributed by atoms with Crippen LogP contribution in [0, 0.1) is 13.8 Å². The van der Waals surface area contributed by atoms with E-state index in [1.807, 2.05) is 86.6 Å². The van der Waals surface area contributed by atoms with Crippen LogP contribution in [0.5, 0.6) is 0 Å². The molecule has 43 heavy (non-hydrogen) atoms. The minimum Gasteiger partial charge on any atom is -0.404 e. The summed E-state index contributed by atoms with van der Waals surface area (Å²) < 4.78 is 4.31. The molecule has 216 valence electrons. The van der Waals surface area contributed by atoms with Crippen molar-refractivity contribution in [3.63, 3.8) is 0 Å². The number of nitrogens with zero attached hydrogens (tertiary/aromatic N) is 6. The molecule has 2 aromatic heterocycles. The Hall–Kier alpha value is -4.83. The summed E-state index contributed by atoms with van der Waals surface area (Å²) in [6.07, 6.45) is 3.91. The highest BCUT2D eigenvalue weighted by Gasteiger charge is 2.28. The molecule has 0 bridgehead atoms. The molecule has 9 nitrogen and oxygen atoms in total. The number of carbonyl (C=O) groups excluding carboxylic acids is 1. The average molecular weight is 637 g/mol. The van der Waals surface area contributed by atoms with Crippen molar-refractivity contribution in [3.8, 4) is 11.4 Å². The van der Waals surface area contributed by atoms with Gasteiger partial charge in [-0.15, -0.1) is 0 Å². The fourth-order valence-corrected chi connectivity index (χ4v) is 5.65. The van der Waals surface area contributed by atoms with Crippen molar-refractivity contribution >= 4 is 27.4 Å². The second-order valence-corrected chi connectivity index (χ2v) is 11.4. The van der Waals surface area contributed by atoms with E-state index in [2.05, 4.69) is 26.0 Å². The lowest BCUT2D eigenvalue weighted by atomic mass is 10.0. The fraction of sp³-hybridized carbons (Fsp3) is 0.182. The van der Waals surface area contributed by atoms with E-state index in [0.717, 1.165) is 27.1 Å². The Kier molecular flexibility index (Phi) is 7.77. The molecule has 0 spiro atoms. The minimum atomic E-state index is -0.163. The number of halogens is 1. The summed E-state index contributed by atoms with van der Waals surface area (Å²) in [5.74, 6) is 1.12. The number of fused-ring (bicyclic) bond motifs is 1. The standard InChI is InChI=1S/C33H30BrN7O2/c1-21-16-24(8-13-29(21)34)32(42)39-15-14-28-30(19-39)38-31(25(18-35)17-23-6-4-3-5-7-23)40(33(28)43)26-9-11-27(12-10-26)41-22(2)36-20-37-41/h3-13,16,18,20H,14-15,17,19,35H2,1-2H3. The van der Waals surface area contributed by atoms with E-state index in [1.165, 1.54) is 12.5 Å². The summed E-state index contributed by atoms with van der Waals surface area (Å²) in [6.45, 7) is 4.49. The van der Waals surface area contributed by atoms with Crippen molar-refractivity contribution < 1.29 is 4.79 Å². The Labute approximate surface area is 257 Å². The van der Waals surface area contributed by atoms with E-state index in [1.54, 1.807) is 14.1 Å². The fourth-order valence-electron chi connectivity index (χ4n) is 5.40. The third-order valence-electron chi connectivity index (χ3n) is 7.72. The highest BCUT2D eigenvalue weighted by atomic mass is 79.9. The third-order valence-corrected chi connectivity index (χ3v) is 8.61. The van der Waals surface area contributed by atoms with Gasteiger partial charge in [0.1, 0.15) is 18.0 Å². The van der Waals surface area contributed by atoms with Gasteiger partial charge >= 0.3 is 0 Å². The van der Waals surface area contributed by atoms with E-state index < -0.39 is 0 Å². The maximum Gasteiger partial charge on any atom is 0.261 e. The minimum absolute atomic E-state index is 0.0911. The summed E-state index contributed by atoms with van der Waals surface area (Å²) >= 11 is 3.50. The van der Waals surface area contributed by atoms with Gasteiger partial charge in [0.05, 0.1) is 23.6 Å². The average Bonchev–Trinajstić information content (AvgIpc) is 3.46. The van der Waals surface area contributed by atoms with Gasteiger partial charge in [-0.2, -0.15) is 5.10 Å². The van der Waals surface area contributed by atoms with Crippen LogP contribution in [0.3, 0.4) is 0 Å². The molecule has 0 aliphatic carbocycles. The molecule has 5 aromatic rings. The van der Waals surface area contributed by atoms with Gasteiger partial charge in [0.25, 0.3) is 11.5 Å². The van der Waals surface area contributed by atoms with Crippen LogP contribution in [-0.2, 0) is 19.4 Å². The summed E-state index contributed by atoms with van der Waals surface area (Å²) in [7, 11) is 0. The van der Waals surface area contributed by atoms with Gasteiger partial charge in [0.15, 0.2) is 0 Å². The van der Waals surface area contributed by atoms with Crippen LogP contribution in [0.2, 0.25) is 0 Å². The zero-order valence-electron chi connectivity index (χ0n) is 23.9. The monoisotopic (exact) mass is 635 g/mol. The Morgan fingerprint density at radius 1 is 1.02 bits per heavy atom. The van der Waals surface area contributed by atoms with Gasteiger partial charge in [-0.1, -0.05) is 46.3 Å². The Bertz CT molecular complexity index is 1910. The van der Waals surface area contributed by atoms with E-state index in [9.17, 15) is 9.59 Å². The quantitative estimate of drug-likeness (QED) is 0.283. The first kappa shape index (κ1) is 28.3. The number of aromatic nitrogens is 5. The van der Waals surface area contributed by atoms with Crippen LogP contribution in [0.1, 0.15) is 44.4 Å². The van der Waals surface area contributed by atoms with E-state index in [-0.39, 0.29) is 18.0 Å². The molecule has 1 aliphatic rings. The van der Waals surface area contributed by atoms with E-state index in [0.29, 0.717) is 53.3 Å². The number of hydrogen-bond acceptors (Lipinski definition) is 6. The topological polar surface area (TPSA) is 112 Å². The third kappa shape index (κ3) is 5.53. The SMILES string of the molecule is Cc1cc(C(=O)N2CCc3c(nc(C(=CN)Cc4ccccc4)n(-c4ccc(-n5ncnc5C)cc4)c3=O)C2)ccc1Br. The van der Waals surface area contributed by atoms with E-state index in [4.69, 9.17) is 10.7 Å². The Morgan fingerprint density at radius 3 is 2.44 bits per heavy atom. The van der Waals surface area contributed by atoms with Crippen molar-refractivity contribution in [3.05, 3.63) is 140 Å². The number of allylic oxidation sites excluding steroid dienone is 1. The first-order valence-corrected chi connectivity index (χ1v) is 14.8. The summed E-state index contributed by atoms with van der Waals surface area (Å²) in [5, 5.41) is 4.29. The molecule has 0 fully saturated rings. The number of carbonyl (C=O) groups is 1. The zero-order chi connectivity index (χ0) is 30.1. The highest BCUT2D eigenvalue weighted by molar-refractivity contribution is 9.10. The lowest BCUT2D eigenvalue weighted by molar-refractivity contribution is 0.0731. The second-order valence-electron chi connectivity index (χ2n) is 10.5. The normalized spacial score (nSPS) is 13.2. The summed E-state index contributed by atoms with van der Waals surface area (Å²) in [4.78, 5) is 38.7. The molecule has 6 rings (SSSR count). The van der Waals surface area contributed by atoms with Crippen molar-refractivity contribution in [2.45, 2.75) is 33.2 Å². The van der Waals surface area contributed by atoms with Crippen LogP contribution >= 0.6 is 15.9 Å². The van der Waals surface area contributed by atoms with Crippen molar-refractivity contribution in [1.29, 1.82) is 0 Å². The van der Waals surface area contributed by atoms with Crippen molar-refractivity contribution in [2.75, 3.05) is 6.54 Å². The van der Waals surface area contributed by atoms with Gasteiger partial charge in [0.2, 0.25) is 0 Å². The first-order chi connectivity index (χ1) is 20.8. The van der Waals surface area contributed by atoms with Crippen LogP contribution in [0.25, 0.3) is 16.9 Å². The second kappa shape index (κ2) is 11.8. The van der Waals surface area contributed by atoms with Gasteiger partial charge < -0.3 is 10.6 Å². The van der Waals surface area contributed by atoms with Gasteiger partial charge in [-0.05, 0) is 73.9 Å². The lowest BCUT2D eigenvalue weighted by Gasteiger charge is -2.29. The van der Waals surface area contributed by atoms with Crippen molar-refractivity contribution in [1.82, 2.24) is 29.2 Å². The zero-order valence-corrected chi connectivity index (χ0v) is 25.5. The molecule has 1 amide bonds. The van der Waals surface area contributed by atoms with E-state index >= 15 is 0 Å². The Morgan fingerprint density at radius 2 is 1.77 bits per heavy atom. The summed E-state index contributed by atoms with van der Waals surface area (Å²) in [5.41, 5.74) is 12.1. The van der Waals surface area contributed by atoms with Gasteiger partial charge in [0, 0.05) is 40.3 Å². The molecule has 10 heteroatoms. The number of benzene rings is 3. The molecule has 2 N–H and O–H groups in total. The van der Waals surface area contributed by atoms with Crippen LogP contribution in [0.4, 0.5) is 0 Å². The lowest BCUT2D eigenvalue weighted by Crippen LogP contribution is -2.41. The molecule has 0 unspecified atom stereocenters. The Balaban J connectivity index is 1.43.